The first-order valence-corrected chi connectivity index (χ1v) is 19.5. The standard InChI is InChI=1S/C44H54FN3O8/c1-5-23-55-44-40(48(43(51)52-3)27-30-15-17-32(45)18-16-30)26-38(47-53-4)36-24-31(12-6-8-21-49)35(14-7-9-22-50)41(42(36)44)37-25-34(19-20-39(37)56-44)54-28-33-13-10-11-29(2)46-33/h5,10-11,13,15-20,24-25,31,35,40-42,49-50H,1,6-9,12,14,21-23,26-28H2,2-4H3/t31-,35+,40-,41+,42+,44+/m0/s1. The van der Waals surface area contributed by atoms with E-state index in [0.717, 1.165) is 48.2 Å². The zero-order valence-electron chi connectivity index (χ0n) is 32.6. The Hall–Kier alpha value is -4.78. The number of aromatic nitrogens is 1. The van der Waals surface area contributed by atoms with Gasteiger partial charge in [0.05, 0.1) is 31.0 Å². The fraction of sp³-hybridized carbons (Fsp3) is 0.477. The Morgan fingerprint density at radius 3 is 2.54 bits per heavy atom. The Bertz CT molecular complexity index is 1870. The first-order chi connectivity index (χ1) is 27.3. The molecule has 300 valence electrons. The third kappa shape index (κ3) is 8.77. The van der Waals surface area contributed by atoms with Crippen molar-refractivity contribution in [3.05, 3.63) is 113 Å². The minimum Gasteiger partial charge on any atom is -0.487 e. The van der Waals surface area contributed by atoms with E-state index in [4.69, 9.17) is 23.8 Å². The van der Waals surface area contributed by atoms with Crippen LogP contribution in [0.2, 0.25) is 0 Å². The van der Waals surface area contributed by atoms with Crippen LogP contribution in [0, 0.1) is 30.5 Å². The van der Waals surface area contributed by atoms with Crippen molar-refractivity contribution in [2.45, 2.75) is 82.8 Å². The molecule has 3 aromatic rings. The number of ether oxygens (including phenoxy) is 4. The Kier molecular flexibility index (Phi) is 13.8. The molecule has 1 amide bonds. The first kappa shape index (κ1) is 40.9. The Morgan fingerprint density at radius 1 is 1.07 bits per heavy atom. The van der Waals surface area contributed by atoms with Crippen LogP contribution in [0.3, 0.4) is 0 Å². The highest BCUT2D eigenvalue weighted by Crippen LogP contribution is 2.62. The zero-order chi connectivity index (χ0) is 39.7. The molecule has 2 heterocycles. The van der Waals surface area contributed by atoms with E-state index in [0.29, 0.717) is 35.6 Å². The normalized spacial score (nSPS) is 24.3. The number of aliphatic hydroxyl groups is 2. The Labute approximate surface area is 328 Å². The molecule has 2 N–H and O–H groups in total. The van der Waals surface area contributed by atoms with Crippen LogP contribution in [0.1, 0.15) is 73.4 Å². The van der Waals surface area contributed by atoms with Crippen molar-refractivity contribution in [3.63, 3.8) is 0 Å². The van der Waals surface area contributed by atoms with Crippen molar-refractivity contribution < 1.29 is 43.2 Å². The summed E-state index contributed by atoms with van der Waals surface area (Å²) in [6.07, 6.45) is 8.09. The van der Waals surface area contributed by atoms with E-state index in [-0.39, 0.29) is 63.0 Å². The first-order valence-electron chi connectivity index (χ1n) is 19.5. The summed E-state index contributed by atoms with van der Waals surface area (Å²) in [4.78, 5) is 25.7. The van der Waals surface area contributed by atoms with Crippen molar-refractivity contribution in [1.29, 1.82) is 0 Å². The zero-order valence-corrected chi connectivity index (χ0v) is 32.6. The highest BCUT2D eigenvalue weighted by molar-refractivity contribution is 6.02. The second-order valence-electron chi connectivity index (χ2n) is 14.7. The van der Waals surface area contributed by atoms with Gasteiger partial charge in [-0.2, -0.15) is 0 Å². The van der Waals surface area contributed by atoms with Crippen molar-refractivity contribution in [2.75, 3.05) is 34.0 Å². The number of unbranched alkanes of at least 4 members (excludes halogenated alkanes) is 2. The van der Waals surface area contributed by atoms with Gasteiger partial charge in [-0.05, 0) is 98.0 Å². The minimum atomic E-state index is -1.46. The number of methoxy groups -OCH3 is 1. The molecule has 0 saturated heterocycles. The number of hydrogen-bond donors (Lipinski definition) is 2. The van der Waals surface area contributed by atoms with E-state index < -0.39 is 23.8 Å². The average molecular weight is 772 g/mol. The number of halogens is 1. The molecule has 12 heteroatoms. The molecule has 0 unspecified atom stereocenters. The van der Waals surface area contributed by atoms with Gasteiger partial charge < -0.3 is 34.0 Å². The number of oxime groups is 1. The highest BCUT2D eigenvalue weighted by atomic mass is 19.1. The lowest BCUT2D eigenvalue weighted by molar-refractivity contribution is -0.256. The fourth-order valence-corrected chi connectivity index (χ4v) is 8.89. The fourth-order valence-electron chi connectivity index (χ4n) is 8.89. The number of allylic oxidation sites excluding steroid dienone is 1. The van der Waals surface area contributed by atoms with Crippen molar-refractivity contribution in [1.82, 2.24) is 9.88 Å². The molecule has 11 nitrogen and oxygen atoms in total. The van der Waals surface area contributed by atoms with Crippen LogP contribution in [-0.2, 0) is 27.5 Å². The maximum atomic E-state index is 14.1. The number of aryl methyl sites for hydroxylation is 1. The highest BCUT2D eigenvalue weighted by Gasteiger charge is 2.65. The number of hydrogen-bond acceptors (Lipinski definition) is 10. The summed E-state index contributed by atoms with van der Waals surface area (Å²) < 4.78 is 40.0. The number of pyridine rings is 1. The summed E-state index contributed by atoms with van der Waals surface area (Å²) in [5.74, 6) is -1.19. The maximum absolute atomic E-state index is 14.1. The molecule has 0 radical (unpaired) electrons. The molecule has 1 aliphatic heterocycles. The average Bonchev–Trinajstić information content (AvgIpc) is 3.20. The van der Waals surface area contributed by atoms with Gasteiger partial charge in [-0.3, -0.25) is 9.88 Å². The molecule has 1 aromatic heterocycles. The third-order valence-electron chi connectivity index (χ3n) is 11.2. The summed E-state index contributed by atoms with van der Waals surface area (Å²) in [6, 6.07) is 16.9. The van der Waals surface area contributed by atoms with Crippen LogP contribution < -0.4 is 9.47 Å². The lowest BCUT2D eigenvalue weighted by Crippen LogP contribution is -2.70. The number of nitrogens with zero attached hydrogens (tertiary/aromatic N) is 3. The van der Waals surface area contributed by atoms with Crippen LogP contribution >= 0.6 is 0 Å². The molecule has 6 rings (SSSR count). The number of aliphatic hydroxyl groups excluding tert-OH is 2. The van der Waals surface area contributed by atoms with Gasteiger partial charge in [0.1, 0.15) is 37.1 Å². The summed E-state index contributed by atoms with van der Waals surface area (Å²) in [7, 11) is 2.84. The molecular weight excluding hydrogens is 717 g/mol. The van der Waals surface area contributed by atoms with E-state index in [1.54, 1.807) is 23.1 Å². The quantitative estimate of drug-likeness (QED) is 0.0761. The third-order valence-corrected chi connectivity index (χ3v) is 11.2. The van der Waals surface area contributed by atoms with Gasteiger partial charge in [-0.25, -0.2) is 9.18 Å². The smallest absolute Gasteiger partial charge is 0.410 e. The largest absolute Gasteiger partial charge is 0.487 e. The monoisotopic (exact) mass is 771 g/mol. The van der Waals surface area contributed by atoms with E-state index in [2.05, 4.69) is 22.8 Å². The van der Waals surface area contributed by atoms with Gasteiger partial charge in [0, 0.05) is 43.4 Å². The molecule has 6 atom stereocenters. The Balaban J connectivity index is 1.55. The van der Waals surface area contributed by atoms with E-state index in [1.165, 1.54) is 26.4 Å². The number of carbonyl (C=O) groups is 1. The lowest BCUT2D eigenvalue weighted by Gasteiger charge is -2.59. The van der Waals surface area contributed by atoms with Crippen LogP contribution in [0.5, 0.6) is 11.5 Å². The van der Waals surface area contributed by atoms with Gasteiger partial charge >= 0.3 is 6.09 Å². The molecule has 3 aliphatic rings. The van der Waals surface area contributed by atoms with Crippen LogP contribution in [0.15, 0.2) is 90.1 Å². The van der Waals surface area contributed by atoms with Gasteiger partial charge in [-0.1, -0.05) is 48.3 Å². The van der Waals surface area contributed by atoms with Gasteiger partial charge in [0.15, 0.2) is 0 Å². The van der Waals surface area contributed by atoms with Gasteiger partial charge in [0.2, 0.25) is 5.79 Å². The molecule has 56 heavy (non-hydrogen) atoms. The second-order valence-corrected chi connectivity index (χ2v) is 14.7. The van der Waals surface area contributed by atoms with E-state index in [1.807, 2.05) is 43.3 Å². The molecule has 2 aromatic carbocycles. The predicted molar refractivity (Wildman–Crippen MR) is 210 cm³/mol. The Morgan fingerprint density at radius 2 is 1.84 bits per heavy atom. The van der Waals surface area contributed by atoms with Gasteiger partial charge in [0.25, 0.3) is 0 Å². The summed E-state index contributed by atoms with van der Waals surface area (Å²) in [5, 5.41) is 24.3. The molecular formula is C44H54FN3O8. The number of fused-ring (bicyclic) bond motifs is 2. The lowest BCUT2D eigenvalue weighted by atomic mass is 9.55. The number of rotatable bonds is 18. The summed E-state index contributed by atoms with van der Waals surface area (Å²) in [5.41, 5.74) is 4.91. The SMILES string of the molecule is C=CCO[C@@]12Oc3ccc(OCc4cccc(C)n4)cc3[C@H]3[C@H](CCCCO)[C@@H](CCCCO)C=C(C(=NOC)C[C@@H]1N(Cc1ccc(F)cc1)C(=O)OC)[C@H]32. The van der Waals surface area contributed by atoms with Crippen LogP contribution in [0.25, 0.3) is 0 Å². The van der Waals surface area contributed by atoms with E-state index >= 15 is 0 Å². The number of amides is 1. The number of benzene rings is 2. The second kappa shape index (κ2) is 18.9. The van der Waals surface area contributed by atoms with Gasteiger partial charge in [-0.15, -0.1) is 6.58 Å². The topological polar surface area (TPSA) is 132 Å². The molecule has 1 fully saturated rings. The van der Waals surface area contributed by atoms with Crippen molar-refractivity contribution >= 4 is 11.8 Å². The molecule has 1 saturated carbocycles. The molecule has 0 bridgehead atoms. The van der Waals surface area contributed by atoms with Crippen LogP contribution in [-0.4, -0.2) is 77.8 Å². The predicted octanol–water partition coefficient (Wildman–Crippen LogP) is 7.64. The van der Waals surface area contributed by atoms with Crippen molar-refractivity contribution in [2.24, 2.45) is 22.9 Å². The maximum Gasteiger partial charge on any atom is 0.410 e. The minimum absolute atomic E-state index is 0.0447. The summed E-state index contributed by atoms with van der Waals surface area (Å²) in [6.45, 7) is 6.58. The van der Waals surface area contributed by atoms with Crippen molar-refractivity contribution in [3.8, 4) is 11.5 Å². The summed E-state index contributed by atoms with van der Waals surface area (Å²) >= 11 is 0. The van der Waals surface area contributed by atoms with E-state index in [9.17, 15) is 19.4 Å². The molecule has 0 spiro atoms. The van der Waals surface area contributed by atoms with Crippen LogP contribution in [0.4, 0.5) is 9.18 Å². The molecule has 2 aliphatic carbocycles. The number of carbonyl (C=O) groups excluding carboxylic acids is 1.